The fraction of sp³-hybridized carbons (Fsp3) is 0.500. The maximum atomic E-state index is 10.3. The van der Waals surface area contributed by atoms with E-state index < -0.39 is 36.4 Å². The molecule has 0 saturated heterocycles. The zero-order valence-electron chi connectivity index (χ0n) is 6.88. The molecule has 0 radical (unpaired) electrons. The van der Waals surface area contributed by atoms with Crippen LogP contribution in [0.4, 0.5) is 0 Å². The van der Waals surface area contributed by atoms with Crippen LogP contribution < -0.4 is 0 Å². The van der Waals surface area contributed by atoms with Gasteiger partial charge in [0.05, 0.1) is 12.8 Å². The van der Waals surface area contributed by atoms with Gasteiger partial charge in [-0.1, -0.05) is 0 Å². The number of rotatable bonds is 5. The normalized spacial score (nSPS) is 10.1. The molecule has 82 valence electrons. The van der Waals surface area contributed by atoms with Crippen LogP contribution in [0.3, 0.4) is 0 Å². The van der Waals surface area contributed by atoms with Gasteiger partial charge in [0.1, 0.15) is 0 Å². The van der Waals surface area contributed by atoms with E-state index in [-0.39, 0.29) is 5.48 Å². The van der Waals surface area contributed by atoms with Gasteiger partial charge in [-0.2, -0.15) is 0 Å². The first-order valence-electron chi connectivity index (χ1n) is 3.17. The van der Waals surface area contributed by atoms with Crippen LogP contribution in [0.25, 0.3) is 0 Å². The minimum absolute atomic E-state index is 0. The van der Waals surface area contributed by atoms with Crippen LogP contribution in [0.15, 0.2) is 0 Å². The third-order valence-corrected chi connectivity index (χ3v) is 1.29. The number of aliphatic carboxylic acids is 3. The first kappa shape index (κ1) is 14.8. The summed E-state index contributed by atoms with van der Waals surface area (Å²) in [6, 6.07) is 0. The molecule has 8 nitrogen and oxygen atoms in total. The van der Waals surface area contributed by atoms with Crippen LogP contribution in [0.1, 0.15) is 12.8 Å². The fourth-order valence-corrected chi connectivity index (χ4v) is 0.714. The molecule has 0 spiro atoms. The molecule has 5 N–H and O–H groups in total. The van der Waals surface area contributed by atoms with Gasteiger partial charge in [-0.05, 0) is 0 Å². The van der Waals surface area contributed by atoms with Crippen LogP contribution in [0, 0.1) is 0 Å². The third-order valence-electron chi connectivity index (χ3n) is 1.29. The van der Waals surface area contributed by atoms with E-state index in [9.17, 15) is 14.4 Å². The van der Waals surface area contributed by atoms with Crippen molar-refractivity contribution in [3.05, 3.63) is 0 Å². The average Bonchev–Trinajstić information content (AvgIpc) is 1.82. The maximum Gasteiger partial charge on any atom is 0.336 e. The Morgan fingerprint density at radius 1 is 0.929 bits per heavy atom. The molecule has 0 fully saturated rings. The van der Waals surface area contributed by atoms with E-state index in [0.29, 0.717) is 0 Å². The van der Waals surface area contributed by atoms with Crippen molar-refractivity contribution in [1.82, 2.24) is 0 Å². The first-order valence-corrected chi connectivity index (χ1v) is 3.17. The van der Waals surface area contributed by atoms with Gasteiger partial charge in [-0.25, -0.2) is 4.79 Å². The highest BCUT2D eigenvalue weighted by Crippen LogP contribution is 2.15. The summed E-state index contributed by atoms with van der Waals surface area (Å²) in [6.07, 6.45) is -2.29. The molecule has 0 aromatic rings. The number of carbonyl (C=O) groups is 3. The molecule has 0 unspecified atom stereocenters. The molecular formula is C6H9O8-. The second-order valence-electron chi connectivity index (χ2n) is 2.48. The summed E-state index contributed by atoms with van der Waals surface area (Å²) in [5.41, 5.74) is -2.74. The van der Waals surface area contributed by atoms with E-state index >= 15 is 0 Å². The fourth-order valence-electron chi connectivity index (χ4n) is 0.714. The van der Waals surface area contributed by atoms with Crippen molar-refractivity contribution in [2.45, 2.75) is 18.4 Å². The van der Waals surface area contributed by atoms with Crippen molar-refractivity contribution in [3.8, 4) is 0 Å². The van der Waals surface area contributed by atoms with Crippen LogP contribution in [0.5, 0.6) is 0 Å². The van der Waals surface area contributed by atoms with Gasteiger partial charge in [0.15, 0.2) is 5.60 Å². The summed E-state index contributed by atoms with van der Waals surface area (Å²) < 4.78 is 0. The third kappa shape index (κ3) is 4.38. The lowest BCUT2D eigenvalue weighted by Crippen LogP contribution is -2.42. The number of carboxylic acid groups (broad SMARTS) is 3. The quantitative estimate of drug-likeness (QED) is 0.428. The molecule has 0 heterocycles. The molecule has 0 aliphatic carbocycles. The van der Waals surface area contributed by atoms with E-state index in [2.05, 4.69) is 0 Å². The summed E-state index contributed by atoms with van der Waals surface area (Å²) in [5, 5.41) is 33.8. The molecule has 0 bridgehead atoms. The molecule has 0 amide bonds. The summed E-state index contributed by atoms with van der Waals surface area (Å²) >= 11 is 0. The molecule has 0 aliphatic heterocycles. The van der Waals surface area contributed by atoms with Gasteiger partial charge in [0, 0.05) is 0 Å². The first-order chi connectivity index (χ1) is 5.78. The van der Waals surface area contributed by atoms with Gasteiger partial charge >= 0.3 is 17.9 Å². The minimum atomic E-state index is -2.74. The van der Waals surface area contributed by atoms with Crippen LogP contribution in [-0.2, 0) is 14.4 Å². The Labute approximate surface area is 77.7 Å². The largest absolute Gasteiger partial charge is 0.870 e. The second kappa shape index (κ2) is 5.14. The molecule has 14 heavy (non-hydrogen) atoms. The lowest BCUT2D eigenvalue weighted by molar-refractivity contribution is -0.170. The number of hydrogen-bond acceptors (Lipinski definition) is 5. The van der Waals surface area contributed by atoms with Crippen molar-refractivity contribution < 1.29 is 40.3 Å². The van der Waals surface area contributed by atoms with Crippen LogP contribution in [-0.4, -0.2) is 49.4 Å². The summed E-state index contributed by atoms with van der Waals surface area (Å²) in [7, 11) is 0. The van der Waals surface area contributed by atoms with E-state index in [1.807, 2.05) is 0 Å². The highest BCUT2D eigenvalue weighted by atomic mass is 16.4. The van der Waals surface area contributed by atoms with Gasteiger partial charge in [-0.15, -0.1) is 0 Å². The molecule has 8 heteroatoms. The zero-order chi connectivity index (χ0) is 10.6. The number of aliphatic hydroxyl groups is 1. The highest BCUT2D eigenvalue weighted by molar-refractivity contribution is 5.88. The molecule has 0 aromatic heterocycles. The SMILES string of the molecule is O=C(O)CC(O)(CC(=O)O)C(=O)O.[OH-]. The summed E-state index contributed by atoms with van der Waals surface area (Å²) in [6.45, 7) is 0. The van der Waals surface area contributed by atoms with Gasteiger partial charge < -0.3 is 25.9 Å². The van der Waals surface area contributed by atoms with Crippen molar-refractivity contribution in [1.29, 1.82) is 0 Å². The Hall–Kier alpha value is -1.67. The zero-order valence-corrected chi connectivity index (χ0v) is 6.88. The van der Waals surface area contributed by atoms with Crippen LogP contribution in [0.2, 0.25) is 0 Å². The van der Waals surface area contributed by atoms with E-state index in [1.165, 1.54) is 0 Å². The Balaban J connectivity index is 0. The number of carboxylic acids is 3. The van der Waals surface area contributed by atoms with E-state index in [1.54, 1.807) is 0 Å². The van der Waals surface area contributed by atoms with Crippen LogP contribution >= 0.6 is 0 Å². The molecule has 0 atom stereocenters. The van der Waals surface area contributed by atoms with Gasteiger partial charge in [-0.3, -0.25) is 9.59 Å². The van der Waals surface area contributed by atoms with Crippen molar-refractivity contribution in [2.24, 2.45) is 0 Å². The van der Waals surface area contributed by atoms with Crippen molar-refractivity contribution >= 4 is 17.9 Å². The summed E-state index contributed by atoms with van der Waals surface area (Å²) in [5.74, 6) is -5.02. The highest BCUT2D eigenvalue weighted by Gasteiger charge is 2.40. The predicted octanol–water partition coefficient (Wildman–Crippen LogP) is -1.43. The Morgan fingerprint density at radius 2 is 1.21 bits per heavy atom. The van der Waals surface area contributed by atoms with Crippen molar-refractivity contribution in [2.75, 3.05) is 0 Å². The maximum absolute atomic E-state index is 10.3. The smallest absolute Gasteiger partial charge is 0.336 e. The lowest BCUT2D eigenvalue weighted by atomic mass is 9.96. The Bertz CT molecular complexity index is 228. The standard InChI is InChI=1S/C6H8O7.H2O/c7-3(8)1-6(13,5(11)12)2-4(9)10;/h13H,1-2H2,(H,7,8)(H,9,10)(H,11,12);1H2/p-1. The Kier molecular flexibility index (Phi) is 5.45. The van der Waals surface area contributed by atoms with E-state index in [0.717, 1.165) is 0 Å². The molecule has 0 rings (SSSR count). The predicted molar refractivity (Wildman–Crippen MR) is 39.0 cm³/mol. The second-order valence-corrected chi connectivity index (χ2v) is 2.48. The lowest BCUT2D eigenvalue weighted by Gasteiger charge is -2.18. The van der Waals surface area contributed by atoms with E-state index in [4.69, 9.17) is 20.4 Å². The minimum Gasteiger partial charge on any atom is -0.870 e. The molecular weight excluding hydrogens is 200 g/mol. The summed E-state index contributed by atoms with van der Waals surface area (Å²) in [4.78, 5) is 30.5. The molecule has 0 saturated carbocycles. The molecule has 0 aliphatic rings. The van der Waals surface area contributed by atoms with Gasteiger partial charge in [0.2, 0.25) is 0 Å². The van der Waals surface area contributed by atoms with Crippen molar-refractivity contribution in [3.63, 3.8) is 0 Å². The monoisotopic (exact) mass is 209 g/mol. The molecule has 0 aromatic carbocycles. The Morgan fingerprint density at radius 3 is 1.36 bits per heavy atom. The van der Waals surface area contributed by atoms with Gasteiger partial charge in [0.25, 0.3) is 0 Å². The average molecular weight is 209 g/mol. The topological polar surface area (TPSA) is 162 Å². The number of hydrogen-bond donors (Lipinski definition) is 4.